The summed E-state index contributed by atoms with van der Waals surface area (Å²) in [5, 5.41) is 8.02. The Morgan fingerprint density at radius 3 is 2.75 bits per heavy atom. The summed E-state index contributed by atoms with van der Waals surface area (Å²) in [4.78, 5) is 5.99. The van der Waals surface area contributed by atoms with Crippen LogP contribution in [0.1, 0.15) is 24.3 Å². The number of rotatable bonds is 5. The quantitative estimate of drug-likeness (QED) is 0.720. The standard InChI is InChI=1S/C17H19N5OS/c1-13(21(2)17(24)19-10-16-4-3-9-23-16)14-5-7-15(8-6-14)22-12-18-11-20-22/h3-9,11-13H,10H2,1-2H3,(H,19,24)/t13-/m1/s1. The molecule has 0 radical (unpaired) electrons. The minimum absolute atomic E-state index is 0.145. The zero-order chi connectivity index (χ0) is 16.9. The fourth-order valence-corrected chi connectivity index (χ4v) is 2.58. The molecule has 3 aromatic rings. The lowest BCUT2D eigenvalue weighted by Gasteiger charge is -2.28. The third-order valence-corrected chi connectivity index (χ3v) is 4.39. The summed E-state index contributed by atoms with van der Waals surface area (Å²) in [6.07, 6.45) is 4.86. The largest absolute Gasteiger partial charge is 0.467 e. The van der Waals surface area contributed by atoms with E-state index < -0.39 is 0 Å². The number of furan rings is 1. The molecule has 2 aromatic heterocycles. The fraction of sp³-hybridized carbons (Fsp3) is 0.235. The predicted octanol–water partition coefficient (Wildman–Crippen LogP) is 2.93. The molecule has 6 nitrogen and oxygen atoms in total. The molecule has 0 spiro atoms. The lowest BCUT2D eigenvalue weighted by Crippen LogP contribution is -2.38. The van der Waals surface area contributed by atoms with Crippen molar-refractivity contribution in [2.24, 2.45) is 0 Å². The van der Waals surface area contributed by atoms with Crippen molar-refractivity contribution < 1.29 is 4.42 Å². The predicted molar refractivity (Wildman–Crippen MR) is 95.7 cm³/mol. The zero-order valence-electron chi connectivity index (χ0n) is 13.6. The Kier molecular flexibility index (Phi) is 4.90. The summed E-state index contributed by atoms with van der Waals surface area (Å²) in [5.74, 6) is 0.857. The molecule has 0 fully saturated rings. The molecular formula is C17H19N5OS. The number of hydrogen-bond acceptors (Lipinski definition) is 4. The van der Waals surface area contributed by atoms with Gasteiger partial charge in [-0.1, -0.05) is 12.1 Å². The Morgan fingerprint density at radius 1 is 1.33 bits per heavy atom. The summed E-state index contributed by atoms with van der Waals surface area (Å²) in [5.41, 5.74) is 2.15. The van der Waals surface area contributed by atoms with Crippen molar-refractivity contribution in [1.29, 1.82) is 0 Å². The third kappa shape index (κ3) is 3.62. The molecule has 0 saturated heterocycles. The highest BCUT2D eigenvalue weighted by molar-refractivity contribution is 7.80. The van der Waals surface area contributed by atoms with Crippen LogP contribution in [0, 0.1) is 0 Å². The number of aromatic nitrogens is 3. The molecule has 0 bridgehead atoms. The normalized spacial score (nSPS) is 11.9. The molecule has 7 heteroatoms. The molecule has 124 valence electrons. The molecule has 0 saturated carbocycles. The monoisotopic (exact) mass is 341 g/mol. The maximum absolute atomic E-state index is 5.47. The molecule has 0 unspecified atom stereocenters. The van der Waals surface area contributed by atoms with Crippen LogP contribution in [0.5, 0.6) is 0 Å². The second-order valence-corrected chi connectivity index (χ2v) is 5.84. The molecular weight excluding hydrogens is 322 g/mol. The van der Waals surface area contributed by atoms with Gasteiger partial charge in [0.1, 0.15) is 18.4 Å². The summed E-state index contributed by atoms with van der Waals surface area (Å²) in [6, 6.07) is 12.1. The average Bonchev–Trinajstić information content (AvgIpc) is 3.32. The molecule has 0 amide bonds. The van der Waals surface area contributed by atoms with Gasteiger partial charge in [-0.05, 0) is 49.0 Å². The van der Waals surface area contributed by atoms with Crippen LogP contribution in [-0.2, 0) is 6.54 Å². The molecule has 1 N–H and O–H groups in total. The Hall–Kier alpha value is -2.67. The maximum atomic E-state index is 5.47. The molecule has 24 heavy (non-hydrogen) atoms. The Balaban J connectivity index is 1.62. The van der Waals surface area contributed by atoms with Gasteiger partial charge in [0.05, 0.1) is 24.5 Å². The second kappa shape index (κ2) is 7.27. The van der Waals surface area contributed by atoms with Crippen LogP contribution in [0.4, 0.5) is 0 Å². The van der Waals surface area contributed by atoms with Crippen LogP contribution in [0.15, 0.2) is 59.7 Å². The van der Waals surface area contributed by atoms with Crippen molar-refractivity contribution in [2.75, 3.05) is 7.05 Å². The zero-order valence-corrected chi connectivity index (χ0v) is 14.4. The molecule has 1 aromatic carbocycles. The van der Waals surface area contributed by atoms with Crippen LogP contribution in [0.3, 0.4) is 0 Å². The summed E-state index contributed by atoms with van der Waals surface area (Å²) in [6.45, 7) is 2.69. The van der Waals surface area contributed by atoms with Crippen LogP contribution in [0.25, 0.3) is 5.69 Å². The van der Waals surface area contributed by atoms with Gasteiger partial charge >= 0.3 is 0 Å². The van der Waals surface area contributed by atoms with E-state index in [0.717, 1.165) is 11.4 Å². The van der Waals surface area contributed by atoms with E-state index in [1.807, 2.05) is 36.2 Å². The topological polar surface area (TPSA) is 59.1 Å². The van der Waals surface area contributed by atoms with Crippen molar-refractivity contribution in [3.8, 4) is 5.69 Å². The highest BCUT2D eigenvalue weighted by Crippen LogP contribution is 2.20. The lowest BCUT2D eigenvalue weighted by atomic mass is 10.1. The maximum Gasteiger partial charge on any atom is 0.169 e. The smallest absolute Gasteiger partial charge is 0.169 e. The molecule has 0 aliphatic heterocycles. The number of benzene rings is 1. The molecule has 3 rings (SSSR count). The SMILES string of the molecule is C[C@H](c1ccc(-n2cncn2)cc1)N(C)C(=S)NCc1ccco1. The first-order valence-electron chi connectivity index (χ1n) is 7.63. The first-order chi connectivity index (χ1) is 11.6. The number of nitrogens with zero attached hydrogens (tertiary/aromatic N) is 4. The average molecular weight is 341 g/mol. The number of thiocarbonyl (C=S) groups is 1. The van der Waals surface area contributed by atoms with E-state index in [1.54, 1.807) is 17.3 Å². The van der Waals surface area contributed by atoms with Gasteiger partial charge in [-0.25, -0.2) is 9.67 Å². The van der Waals surface area contributed by atoms with E-state index in [9.17, 15) is 0 Å². The van der Waals surface area contributed by atoms with Gasteiger partial charge in [0, 0.05) is 7.05 Å². The van der Waals surface area contributed by atoms with Crippen LogP contribution in [0.2, 0.25) is 0 Å². The third-order valence-electron chi connectivity index (χ3n) is 3.95. The molecule has 0 aliphatic rings. The van der Waals surface area contributed by atoms with E-state index in [4.69, 9.17) is 16.6 Å². The van der Waals surface area contributed by atoms with Crippen LogP contribution >= 0.6 is 12.2 Å². The molecule has 1 atom stereocenters. The Labute approximate surface area is 146 Å². The highest BCUT2D eigenvalue weighted by Gasteiger charge is 2.15. The Morgan fingerprint density at radius 2 is 2.12 bits per heavy atom. The summed E-state index contributed by atoms with van der Waals surface area (Å²) in [7, 11) is 1.98. The van der Waals surface area contributed by atoms with Gasteiger partial charge in [-0.3, -0.25) is 0 Å². The van der Waals surface area contributed by atoms with E-state index in [1.165, 1.54) is 11.9 Å². The van der Waals surface area contributed by atoms with E-state index in [0.29, 0.717) is 11.7 Å². The lowest BCUT2D eigenvalue weighted by molar-refractivity contribution is 0.392. The van der Waals surface area contributed by atoms with Gasteiger partial charge in [-0.15, -0.1) is 0 Å². The Bertz CT molecular complexity index is 768. The van der Waals surface area contributed by atoms with Gasteiger partial charge in [0.2, 0.25) is 0 Å². The number of nitrogens with one attached hydrogen (secondary N) is 1. The fourth-order valence-electron chi connectivity index (χ4n) is 2.35. The van der Waals surface area contributed by atoms with E-state index in [-0.39, 0.29) is 6.04 Å². The molecule has 2 heterocycles. The van der Waals surface area contributed by atoms with Crippen molar-refractivity contribution in [2.45, 2.75) is 19.5 Å². The first-order valence-corrected chi connectivity index (χ1v) is 8.04. The van der Waals surface area contributed by atoms with E-state index >= 15 is 0 Å². The van der Waals surface area contributed by atoms with Gasteiger partial charge in [-0.2, -0.15) is 5.10 Å². The summed E-state index contributed by atoms with van der Waals surface area (Å²) >= 11 is 5.47. The van der Waals surface area contributed by atoms with Crippen molar-refractivity contribution in [3.63, 3.8) is 0 Å². The van der Waals surface area contributed by atoms with Gasteiger partial charge in [0.25, 0.3) is 0 Å². The first kappa shape index (κ1) is 16.2. The summed E-state index contributed by atoms with van der Waals surface area (Å²) < 4.78 is 7.03. The second-order valence-electron chi connectivity index (χ2n) is 5.46. The minimum Gasteiger partial charge on any atom is -0.467 e. The number of hydrogen-bond donors (Lipinski definition) is 1. The van der Waals surface area contributed by atoms with Crippen molar-refractivity contribution in [3.05, 3.63) is 66.6 Å². The van der Waals surface area contributed by atoms with Crippen LogP contribution in [-0.4, -0.2) is 31.8 Å². The molecule has 0 aliphatic carbocycles. The highest BCUT2D eigenvalue weighted by atomic mass is 32.1. The van der Waals surface area contributed by atoms with Crippen molar-refractivity contribution in [1.82, 2.24) is 25.0 Å². The van der Waals surface area contributed by atoms with Gasteiger partial charge in [0.15, 0.2) is 5.11 Å². The van der Waals surface area contributed by atoms with E-state index in [2.05, 4.69) is 34.5 Å². The van der Waals surface area contributed by atoms with Gasteiger partial charge < -0.3 is 14.6 Å². The van der Waals surface area contributed by atoms with Crippen molar-refractivity contribution >= 4 is 17.3 Å². The van der Waals surface area contributed by atoms with Crippen LogP contribution < -0.4 is 5.32 Å². The minimum atomic E-state index is 0.145.